The molecule has 1 N–H and O–H groups in total. The third kappa shape index (κ3) is 6.26. The van der Waals surface area contributed by atoms with Crippen LogP contribution in [0, 0.1) is 6.92 Å². The summed E-state index contributed by atoms with van der Waals surface area (Å²) in [5.74, 6) is -0.470. The van der Waals surface area contributed by atoms with Crippen LogP contribution < -0.4 is 9.62 Å². The van der Waals surface area contributed by atoms with Crippen LogP contribution in [0.25, 0.3) is 0 Å². The number of carbonyl (C=O) groups excluding carboxylic acids is 1. The normalized spacial score (nSPS) is 11.1. The fraction of sp³-hybridized carbons (Fsp3) is 0.111. The van der Waals surface area contributed by atoms with E-state index in [1.807, 2.05) is 31.2 Å². The van der Waals surface area contributed by atoms with E-state index in [0.717, 1.165) is 27.4 Å². The molecule has 178 valence electrons. The van der Waals surface area contributed by atoms with E-state index in [0.29, 0.717) is 16.4 Å². The molecule has 0 bridgehead atoms. The van der Waals surface area contributed by atoms with E-state index >= 15 is 0 Å². The highest BCUT2D eigenvalue weighted by Crippen LogP contribution is 2.26. The van der Waals surface area contributed by atoms with E-state index in [-0.39, 0.29) is 4.90 Å². The maximum atomic E-state index is 13.5. The van der Waals surface area contributed by atoms with Crippen LogP contribution >= 0.6 is 11.6 Å². The molecule has 1 aromatic heterocycles. The monoisotopic (exact) mass is 505 g/mol. The Morgan fingerprint density at radius 1 is 0.914 bits per heavy atom. The molecule has 0 spiro atoms. The van der Waals surface area contributed by atoms with E-state index in [4.69, 9.17) is 11.6 Å². The predicted molar refractivity (Wildman–Crippen MR) is 139 cm³/mol. The highest BCUT2D eigenvalue weighted by Gasteiger charge is 2.27. The number of hydrogen-bond donors (Lipinski definition) is 1. The third-order valence-corrected chi connectivity index (χ3v) is 7.41. The molecular formula is C27H24ClN3O3S. The Morgan fingerprint density at radius 2 is 1.57 bits per heavy atom. The lowest BCUT2D eigenvalue weighted by atomic mass is 10.1. The number of pyridine rings is 1. The number of amides is 1. The molecule has 35 heavy (non-hydrogen) atoms. The number of nitrogens with one attached hydrogen (secondary N) is 1. The number of benzene rings is 3. The smallest absolute Gasteiger partial charge is 0.264 e. The summed E-state index contributed by atoms with van der Waals surface area (Å²) in [7, 11) is -4.01. The summed E-state index contributed by atoms with van der Waals surface area (Å²) in [6.45, 7) is 1.47. The summed E-state index contributed by atoms with van der Waals surface area (Å²) >= 11 is 6.12. The summed E-state index contributed by atoms with van der Waals surface area (Å²) in [6, 6.07) is 24.3. The molecule has 6 nitrogen and oxygen atoms in total. The van der Waals surface area contributed by atoms with Crippen molar-refractivity contribution in [3.63, 3.8) is 0 Å². The van der Waals surface area contributed by atoms with E-state index in [9.17, 15) is 13.2 Å². The van der Waals surface area contributed by atoms with Gasteiger partial charge in [0.25, 0.3) is 10.0 Å². The van der Waals surface area contributed by atoms with Crippen molar-refractivity contribution in [2.75, 3.05) is 16.2 Å². The molecule has 0 atom stereocenters. The molecule has 0 radical (unpaired) electrons. The number of aryl methyl sites for hydroxylation is 1. The quantitative estimate of drug-likeness (QED) is 0.344. The van der Waals surface area contributed by atoms with Crippen molar-refractivity contribution in [1.82, 2.24) is 4.98 Å². The molecule has 0 fully saturated rings. The summed E-state index contributed by atoms with van der Waals surface area (Å²) < 4.78 is 28.0. The van der Waals surface area contributed by atoms with Crippen LogP contribution in [0.3, 0.4) is 0 Å². The first-order valence-corrected chi connectivity index (χ1v) is 12.8. The molecule has 1 amide bonds. The molecule has 1 heterocycles. The Morgan fingerprint density at radius 3 is 2.23 bits per heavy atom. The minimum Gasteiger partial charge on any atom is -0.325 e. The van der Waals surface area contributed by atoms with Crippen LogP contribution in [0.15, 0.2) is 102 Å². The molecule has 4 rings (SSSR count). The molecule has 4 aromatic rings. The Labute approximate surface area is 210 Å². The first-order chi connectivity index (χ1) is 16.8. The number of nitrogens with zero attached hydrogens (tertiary/aromatic N) is 2. The Balaban J connectivity index is 1.53. The largest absolute Gasteiger partial charge is 0.325 e. The van der Waals surface area contributed by atoms with Crippen molar-refractivity contribution in [2.45, 2.75) is 18.2 Å². The Hall–Kier alpha value is -3.68. The van der Waals surface area contributed by atoms with Gasteiger partial charge in [0, 0.05) is 23.1 Å². The van der Waals surface area contributed by atoms with Gasteiger partial charge in [-0.2, -0.15) is 0 Å². The van der Waals surface area contributed by atoms with Gasteiger partial charge in [0.1, 0.15) is 6.54 Å². The van der Waals surface area contributed by atoms with Gasteiger partial charge in [-0.3, -0.25) is 14.1 Å². The minimum atomic E-state index is -4.01. The minimum absolute atomic E-state index is 0.0938. The lowest BCUT2D eigenvalue weighted by Gasteiger charge is -2.24. The number of hydrogen-bond acceptors (Lipinski definition) is 4. The predicted octanol–water partition coefficient (Wildman–Crippen LogP) is 5.47. The maximum Gasteiger partial charge on any atom is 0.264 e. The van der Waals surface area contributed by atoms with Crippen molar-refractivity contribution in [1.29, 1.82) is 0 Å². The SMILES string of the molecule is Cc1ccc(S(=O)(=O)N(CC(=O)Nc2ccc(Cc3ccncc3)cc2)c2cccc(Cl)c2)cc1. The van der Waals surface area contributed by atoms with E-state index in [1.54, 1.807) is 54.9 Å². The summed E-state index contributed by atoms with van der Waals surface area (Å²) in [5.41, 5.74) is 4.03. The summed E-state index contributed by atoms with van der Waals surface area (Å²) in [4.78, 5) is 17.0. The fourth-order valence-corrected chi connectivity index (χ4v) is 5.15. The van der Waals surface area contributed by atoms with Gasteiger partial charge in [0.05, 0.1) is 10.6 Å². The van der Waals surface area contributed by atoms with Gasteiger partial charge in [-0.25, -0.2) is 8.42 Å². The van der Waals surface area contributed by atoms with Gasteiger partial charge < -0.3 is 5.32 Å². The molecule has 0 unspecified atom stereocenters. The van der Waals surface area contributed by atoms with E-state index in [1.165, 1.54) is 18.2 Å². The standard InChI is InChI=1S/C27H24ClN3O3S/c1-20-5-11-26(12-6-20)35(33,34)31(25-4-2-3-23(28)18-25)19-27(32)30-24-9-7-21(8-10-24)17-22-13-15-29-16-14-22/h2-16,18H,17,19H2,1H3,(H,30,32). The van der Waals surface area contributed by atoms with E-state index in [2.05, 4.69) is 10.3 Å². The topological polar surface area (TPSA) is 79.4 Å². The third-order valence-electron chi connectivity index (χ3n) is 5.39. The second kappa shape index (κ2) is 10.7. The van der Waals surface area contributed by atoms with Crippen molar-refractivity contribution >= 4 is 38.9 Å². The highest BCUT2D eigenvalue weighted by atomic mass is 35.5. The zero-order valence-electron chi connectivity index (χ0n) is 19.1. The molecule has 0 aliphatic heterocycles. The fourth-order valence-electron chi connectivity index (χ4n) is 3.56. The summed E-state index contributed by atoms with van der Waals surface area (Å²) in [5, 5.41) is 3.16. The number of aromatic nitrogens is 1. The zero-order valence-corrected chi connectivity index (χ0v) is 20.6. The maximum absolute atomic E-state index is 13.5. The van der Waals surface area contributed by atoms with Gasteiger partial charge in [0.2, 0.25) is 5.91 Å². The van der Waals surface area contributed by atoms with Crippen LogP contribution in [0.1, 0.15) is 16.7 Å². The zero-order chi connectivity index (χ0) is 24.8. The molecule has 0 saturated heterocycles. The van der Waals surface area contributed by atoms with Crippen molar-refractivity contribution < 1.29 is 13.2 Å². The first kappa shape index (κ1) is 24.4. The molecule has 8 heteroatoms. The second-order valence-corrected chi connectivity index (χ2v) is 10.4. The lowest BCUT2D eigenvalue weighted by Crippen LogP contribution is -2.38. The average molecular weight is 506 g/mol. The number of halogens is 1. The van der Waals surface area contributed by atoms with Gasteiger partial charge >= 0.3 is 0 Å². The van der Waals surface area contributed by atoms with Crippen LogP contribution in [0.4, 0.5) is 11.4 Å². The lowest BCUT2D eigenvalue weighted by molar-refractivity contribution is -0.114. The molecule has 0 aliphatic rings. The number of rotatable bonds is 8. The molecular weight excluding hydrogens is 482 g/mol. The Kier molecular flexibility index (Phi) is 7.48. The van der Waals surface area contributed by atoms with Crippen LogP contribution in [-0.4, -0.2) is 25.9 Å². The van der Waals surface area contributed by atoms with Crippen LogP contribution in [0.5, 0.6) is 0 Å². The number of sulfonamides is 1. The Bertz CT molecular complexity index is 1410. The second-order valence-electron chi connectivity index (χ2n) is 8.08. The van der Waals surface area contributed by atoms with E-state index < -0.39 is 22.5 Å². The molecule has 3 aromatic carbocycles. The summed E-state index contributed by atoms with van der Waals surface area (Å²) in [6.07, 6.45) is 4.24. The molecule has 0 saturated carbocycles. The first-order valence-electron chi connectivity index (χ1n) is 10.9. The van der Waals surface area contributed by atoms with Crippen molar-refractivity contribution in [3.8, 4) is 0 Å². The van der Waals surface area contributed by atoms with Crippen molar-refractivity contribution in [3.05, 3.63) is 119 Å². The van der Waals surface area contributed by atoms with Gasteiger partial charge in [0.15, 0.2) is 0 Å². The molecule has 0 aliphatic carbocycles. The highest BCUT2D eigenvalue weighted by molar-refractivity contribution is 7.92. The van der Waals surface area contributed by atoms with Crippen molar-refractivity contribution in [2.24, 2.45) is 0 Å². The average Bonchev–Trinajstić information content (AvgIpc) is 2.84. The van der Waals surface area contributed by atoms with Crippen LogP contribution in [-0.2, 0) is 21.2 Å². The van der Waals surface area contributed by atoms with Gasteiger partial charge in [-0.1, -0.05) is 47.5 Å². The number of anilines is 2. The van der Waals surface area contributed by atoms with Crippen LogP contribution in [0.2, 0.25) is 5.02 Å². The van der Waals surface area contributed by atoms with Gasteiger partial charge in [-0.15, -0.1) is 0 Å². The van der Waals surface area contributed by atoms with Gasteiger partial charge in [-0.05, 0) is 79.1 Å². The number of carbonyl (C=O) groups is 1.